The fourth-order valence-electron chi connectivity index (χ4n) is 4.73. The number of fused-ring (bicyclic) bond motifs is 4. The monoisotopic (exact) mass is 434 g/mol. The van der Waals surface area contributed by atoms with Crippen LogP contribution in [-0.2, 0) is 16.5 Å². The van der Waals surface area contributed by atoms with E-state index in [0.717, 1.165) is 34.9 Å². The summed E-state index contributed by atoms with van der Waals surface area (Å²) in [4.78, 5) is 0. The molecule has 2 atom stereocenters. The van der Waals surface area contributed by atoms with Gasteiger partial charge in [-0.2, -0.15) is 21.6 Å². The summed E-state index contributed by atoms with van der Waals surface area (Å²) < 4.78 is 66.3. The van der Waals surface area contributed by atoms with Gasteiger partial charge in [0.2, 0.25) is 0 Å². The summed E-state index contributed by atoms with van der Waals surface area (Å²) in [6.07, 6.45) is 2.34. The molecule has 3 aromatic carbocycles. The van der Waals surface area contributed by atoms with Crippen molar-refractivity contribution in [1.29, 1.82) is 0 Å². The first kappa shape index (κ1) is 19.2. The van der Waals surface area contributed by atoms with Crippen LogP contribution in [0.1, 0.15) is 29.9 Å². The maximum Gasteiger partial charge on any atom is 0.534 e. The van der Waals surface area contributed by atoms with Crippen molar-refractivity contribution in [3.8, 4) is 22.6 Å². The molecule has 0 bridgehead atoms. The first-order valence-electron chi connectivity index (χ1n) is 9.55. The van der Waals surface area contributed by atoms with E-state index in [-0.39, 0.29) is 23.3 Å². The van der Waals surface area contributed by atoms with E-state index in [1.54, 1.807) is 24.3 Å². The summed E-state index contributed by atoms with van der Waals surface area (Å²) in [5.74, 6) is 0.340. The van der Waals surface area contributed by atoms with Crippen molar-refractivity contribution in [2.45, 2.75) is 30.7 Å². The molecule has 5 rings (SSSR count). The smallest absolute Gasteiger partial charge is 0.507 e. The fourth-order valence-corrected chi connectivity index (χ4v) is 5.22. The van der Waals surface area contributed by atoms with Gasteiger partial charge < -0.3 is 9.29 Å². The molecule has 0 heterocycles. The zero-order valence-electron chi connectivity index (χ0n) is 15.6. The number of benzene rings is 3. The number of rotatable bonds is 3. The summed E-state index contributed by atoms with van der Waals surface area (Å²) in [5, 5.41) is 11.7. The predicted octanol–water partition coefficient (Wildman–Crippen LogP) is 5.49. The largest absolute Gasteiger partial charge is 0.534 e. The highest BCUT2D eigenvalue weighted by Crippen LogP contribution is 2.57. The van der Waals surface area contributed by atoms with E-state index in [0.29, 0.717) is 17.4 Å². The molecule has 0 spiro atoms. The molecule has 0 radical (unpaired) electrons. The van der Waals surface area contributed by atoms with E-state index < -0.39 is 15.6 Å². The lowest BCUT2D eigenvalue weighted by molar-refractivity contribution is -0.0500. The molecule has 1 fully saturated rings. The van der Waals surface area contributed by atoms with Gasteiger partial charge >= 0.3 is 15.6 Å². The van der Waals surface area contributed by atoms with Crippen LogP contribution in [0.5, 0.6) is 11.5 Å². The molecular weight excluding hydrogens is 417 g/mol. The van der Waals surface area contributed by atoms with Crippen molar-refractivity contribution >= 4 is 20.9 Å². The number of phenolic OH excluding ortho intramolecular Hbond substituents is 1. The van der Waals surface area contributed by atoms with Gasteiger partial charge in [0.15, 0.2) is 0 Å². The van der Waals surface area contributed by atoms with Gasteiger partial charge in [-0.1, -0.05) is 36.4 Å². The maximum absolute atomic E-state index is 12.9. The van der Waals surface area contributed by atoms with Crippen molar-refractivity contribution in [2.24, 2.45) is 5.92 Å². The SMILES string of the molecule is O=S(=O)(Oc1ccc(-c2ccc(O)c3ccccc23)c2c1CC1CCC21)C(F)(F)F. The van der Waals surface area contributed by atoms with E-state index >= 15 is 0 Å². The third-order valence-corrected chi connectivity index (χ3v) is 7.21. The molecule has 0 aliphatic heterocycles. The van der Waals surface area contributed by atoms with Gasteiger partial charge in [0.1, 0.15) is 11.5 Å². The average molecular weight is 434 g/mol. The summed E-state index contributed by atoms with van der Waals surface area (Å²) in [5.41, 5.74) is -2.41. The molecule has 0 amide bonds. The maximum atomic E-state index is 12.9. The van der Waals surface area contributed by atoms with Crippen LogP contribution in [0.3, 0.4) is 0 Å². The zero-order chi connectivity index (χ0) is 21.3. The topological polar surface area (TPSA) is 63.6 Å². The van der Waals surface area contributed by atoms with Crippen LogP contribution in [0, 0.1) is 5.92 Å². The van der Waals surface area contributed by atoms with Gasteiger partial charge in [0, 0.05) is 10.9 Å². The molecule has 156 valence electrons. The summed E-state index contributed by atoms with van der Waals surface area (Å²) in [6.45, 7) is 0. The van der Waals surface area contributed by atoms with Crippen molar-refractivity contribution in [3.05, 3.63) is 59.7 Å². The average Bonchev–Trinajstić information content (AvgIpc) is 2.93. The minimum absolute atomic E-state index is 0.142. The van der Waals surface area contributed by atoms with Gasteiger partial charge in [0.05, 0.1) is 0 Å². The molecule has 1 saturated carbocycles. The lowest BCUT2D eigenvalue weighted by Gasteiger charge is -2.31. The molecule has 8 heteroatoms. The van der Waals surface area contributed by atoms with Gasteiger partial charge in [-0.15, -0.1) is 0 Å². The van der Waals surface area contributed by atoms with Crippen LogP contribution in [0.4, 0.5) is 13.2 Å². The highest BCUT2D eigenvalue weighted by atomic mass is 32.2. The summed E-state index contributed by atoms with van der Waals surface area (Å²) in [7, 11) is -5.74. The Labute approximate surface area is 171 Å². The van der Waals surface area contributed by atoms with Crippen LogP contribution in [0.25, 0.3) is 21.9 Å². The molecule has 3 aromatic rings. The fraction of sp³-hybridized carbons (Fsp3) is 0.273. The molecule has 4 nitrogen and oxygen atoms in total. The Morgan fingerprint density at radius 2 is 1.63 bits per heavy atom. The molecule has 2 aliphatic carbocycles. The Balaban J connectivity index is 1.70. The first-order valence-corrected chi connectivity index (χ1v) is 11.0. The molecular formula is C22H17F3O4S. The number of aromatic hydroxyl groups is 1. The second kappa shape index (κ2) is 6.38. The first-order chi connectivity index (χ1) is 14.2. The molecule has 30 heavy (non-hydrogen) atoms. The minimum Gasteiger partial charge on any atom is -0.507 e. The Hall–Kier alpha value is -2.74. The second-order valence-corrected chi connectivity index (χ2v) is 9.35. The number of hydrogen-bond donors (Lipinski definition) is 1. The number of alkyl halides is 3. The van der Waals surface area contributed by atoms with Gasteiger partial charge in [-0.25, -0.2) is 0 Å². The lowest BCUT2D eigenvalue weighted by Crippen LogP contribution is -2.28. The Bertz CT molecular complexity index is 1280. The number of halogens is 3. The molecule has 0 aromatic heterocycles. The van der Waals surface area contributed by atoms with E-state index in [1.165, 1.54) is 6.07 Å². The lowest BCUT2D eigenvalue weighted by atomic mass is 9.73. The summed E-state index contributed by atoms with van der Waals surface area (Å²) in [6, 6.07) is 13.7. The van der Waals surface area contributed by atoms with Crippen molar-refractivity contribution in [3.63, 3.8) is 0 Å². The number of hydrogen-bond acceptors (Lipinski definition) is 4. The van der Waals surface area contributed by atoms with E-state index in [2.05, 4.69) is 4.18 Å². The molecule has 0 saturated heterocycles. The van der Waals surface area contributed by atoms with Crippen molar-refractivity contribution in [2.75, 3.05) is 0 Å². The van der Waals surface area contributed by atoms with Crippen LogP contribution in [0.2, 0.25) is 0 Å². The number of phenols is 1. The van der Waals surface area contributed by atoms with Gasteiger partial charge in [0.25, 0.3) is 0 Å². The van der Waals surface area contributed by atoms with Crippen LogP contribution in [0.15, 0.2) is 48.5 Å². The second-order valence-electron chi connectivity index (χ2n) is 7.81. The third-order valence-electron chi connectivity index (χ3n) is 6.24. The van der Waals surface area contributed by atoms with E-state index in [1.807, 2.05) is 18.2 Å². The van der Waals surface area contributed by atoms with E-state index in [4.69, 9.17) is 0 Å². The Kier molecular flexibility index (Phi) is 4.09. The van der Waals surface area contributed by atoms with Crippen LogP contribution >= 0.6 is 0 Å². The molecule has 2 aliphatic rings. The third kappa shape index (κ3) is 2.77. The molecule has 2 unspecified atom stereocenters. The Morgan fingerprint density at radius 1 is 0.933 bits per heavy atom. The zero-order valence-corrected chi connectivity index (χ0v) is 16.4. The van der Waals surface area contributed by atoms with Crippen molar-refractivity contribution < 1.29 is 30.9 Å². The Morgan fingerprint density at radius 3 is 2.30 bits per heavy atom. The van der Waals surface area contributed by atoms with Crippen LogP contribution in [-0.4, -0.2) is 19.0 Å². The standard InChI is InChI=1S/C22H17F3O4S/c23-22(24,25)30(27,28)29-20-10-8-17(21-13-6-5-12(13)11-18(20)21)15-7-9-19(26)16-4-2-1-3-14(15)16/h1-4,7-10,12-13,26H,5-6,11H2. The van der Waals surface area contributed by atoms with E-state index in [9.17, 15) is 26.7 Å². The highest BCUT2D eigenvalue weighted by Gasteiger charge is 2.50. The van der Waals surface area contributed by atoms with Crippen molar-refractivity contribution in [1.82, 2.24) is 0 Å². The molecule has 1 N–H and O–H groups in total. The minimum atomic E-state index is -5.74. The normalized spacial score (nSPS) is 20.5. The van der Waals surface area contributed by atoms with Gasteiger partial charge in [-0.3, -0.25) is 0 Å². The quantitative estimate of drug-likeness (QED) is 0.437. The van der Waals surface area contributed by atoms with Gasteiger partial charge in [-0.05, 0) is 65.3 Å². The predicted molar refractivity (Wildman–Crippen MR) is 106 cm³/mol. The van der Waals surface area contributed by atoms with Crippen LogP contribution < -0.4 is 4.18 Å². The summed E-state index contributed by atoms with van der Waals surface area (Å²) >= 11 is 0. The highest BCUT2D eigenvalue weighted by molar-refractivity contribution is 7.88.